The lowest BCUT2D eigenvalue weighted by atomic mass is 10.1. The Hall–Kier alpha value is -3.26. The number of nitrogens with one attached hydrogen (secondary N) is 1. The molecule has 26 heavy (non-hydrogen) atoms. The van der Waals surface area contributed by atoms with Crippen LogP contribution < -0.4 is 14.8 Å². The Morgan fingerprint density at radius 3 is 2.62 bits per heavy atom. The number of carbonyl (C=O) groups excluding carboxylic acids is 1. The molecule has 2 aromatic carbocycles. The van der Waals surface area contributed by atoms with Crippen molar-refractivity contribution in [3.8, 4) is 17.6 Å². The quantitative estimate of drug-likeness (QED) is 0.621. The molecule has 0 fully saturated rings. The summed E-state index contributed by atoms with van der Waals surface area (Å²) < 4.78 is 11.0. The number of anilines is 1. The maximum Gasteiger partial charge on any atom is 0.266 e. The van der Waals surface area contributed by atoms with Crippen molar-refractivity contribution in [2.45, 2.75) is 26.9 Å². The first-order valence-electron chi connectivity index (χ1n) is 8.27. The number of hydrogen-bond donors (Lipinski definition) is 1. The summed E-state index contributed by atoms with van der Waals surface area (Å²) in [4.78, 5) is 12.4. The number of rotatable bonds is 6. The predicted octanol–water partition coefficient (Wildman–Crippen LogP) is 4.34. The average Bonchev–Trinajstić information content (AvgIpc) is 2.60. The van der Waals surface area contributed by atoms with Crippen LogP contribution in [0.3, 0.4) is 0 Å². The maximum atomic E-state index is 12.4. The highest BCUT2D eigenvalue weighted by atomic mass is 16.5. The number of hydrogen-bond acceptors (Lipinski definition) is 4. The van der Waals surface area contributed by atoms with E-state index in [1.54, 1.807) is 31.4 Å². The molecule has 1 amide bonds. The summed E-state index contributed by atoms with van der Waals surface area (Å²) >= 11 is 0. The number of nitrogens with zero attached hydrogens (tertiary/aromatic N) is 1. The molecule has 0 saturated carbocycles. The Morgan fingerprint density at radius 2 is 2.00 bits per heavy atom. The van der Waals surface area contributed by atoms with Gasteiger partial charge < -0.3 is 14.8 Å². The van der Waals surface area contributed by atoms with E-state index in [4.69, 9.17) is 9.47 Å². The van der Waals surface area contributed by atoms with Gasteiger partial charge in [0, 0.05) is 17.3 Å². The van der Waals surface area contributed by atoms with Crippen LogP contribution in [0.25, 0.3) is 6.08 Å². The number of benzene rings is 2. The van der Waals surface area contributed by atoms with Gasteiger partial charge >= 0.3 is 0 Å². The fraction of sp³-hybridized carbons (Fsp3) is 0.238. The van der Waals surface area contributed by atoms with E-state index < -0.39 is 5.91 Å². The van der Waals surface area contributed by atoms with Gasteiger partial charge in [0.1, 0.15) is 23.1 Å². The molecule has 0 unspecified atom stereocenters. The Morgan fingerprint density at radius 1 is 1.23 bits per heavy atom. The molecule has 2 aromatic rings. The van der Waals surface area contributed by atoms with Crippen LogP contribution in [0.4, 0.5) is 5.69 Å². The molecule has 0 spiro atoms. The van der Waals surface area contributed by atoms with Crippen molar-refractivity contribution in [2.75, 3.05) is 12.4 Å². The second-order valence-corrected chi connectivity index (χ2v) is 6.06. The third kappa shape index (κ3) is 5.12. The van der Waals surface area contributed by atoms with Crippen molar-refractivity contribution < 1.29 is 14.3 Å². The minimum atomic E-state index is -0.468. The zero-order valence-corrected chi connectivity index (χ0v) is 15.4. The highest BCUT2D eigenvalue weighted by Gasteiger charge is 2.13. The van der Waals surface area contributed by atoms with Gasteiger partial charge in [0.2, 0.25) is 0 Å². The third-order valence-electron chi connectivity index (χ3n) is 3.52. The molecule has 0 heterocycles. The van der Waals surface area contributed by atoms with Gasteiger partial charge in [0.15, 0.2) is 0 Å². The van der Waals surface area contributed by atoms with Crippen molar-refractivity contribution in [3.63, 3.8) is 0 Å². The monoisotopic (exact) mass is 350 g/mol. The first-order valence-corrected chi connectivity index (χ1v) is 8.27. The molecule has 1 N–H and O–H groups in total. The Bertz CT molecular complexity index is 864. The van der Waals surface area contributed by atoms with Crippen LogP contribution in [-0.2, 0) is 4.79 Å². The summed E-state index contributed by atoms with van der Waals surface area (Å²) in [6.45, 7) is 5.74. The highest BCUT2D eigenvalue weighted by Crippen LogP contribution is 2.28. The van der Waals surface area contributed by atoms with E-state index in [-0.39, 0.29) is 11.7 Å². The van der Waals surface area contributed by atoms with Crippen molar-refractivity contribution >= 4 is 17.7 Å². The average molecular weight is 350 g/mol. The molecule has 0 aliphatic carbocycles. The van der Waals surface area contributed by atoms with E-state index in [0.29, 0.717) is 22.7 Å². The van der Waals surface area contributed by atoms with Gasteiger partial charge in [-0.2, -0.15) is 5.26 Å². The summed E-state index contributed by atoms with van der Waals surface area (Å²) in [5, 5.41) is 12.2. The van der Waals surface area contributed by atoms with Crippen molar-refractivity contribution in [1.29, 1.82) is 5.26 Å². The largest absolute Gasteiger partial charge is 0.497 e. The zero-order chi connectivity index (χ0) is 19.1. The van der Waals surface area contributed by atoms with Crippen molar-refractivity contribution in [2.24, 2.45) is 0 Å². The Labute approximate surface area is 153 Å². The molecular formula is C21H22N2O3. The summed E-state index contributed by atoms with van der Waals surface area (Å²) in [7, 11) is 1.57. The van der Waals surface area contributed by atoms with Crippen LogP contribution in [-0.4, -0.2) is 19.1 Å². The lowest BCUT2D eigenvalue weighted by Gasteiger charge is -2.14. The predicted molar refractivity (Wildman–Crippen MR) is 102 cm³/mol. The van der Waals surface area contributed by atoms with Gasteiger partial charge in [-0.1, -0.05) is 12.1 Å². The SMILES string of the molecule is COc1ccc(/C=C(\C#N)C(=O)Nc2cccc(C)c2)c(OC(C)C)c1. The van der Waals surface area contributed by atoms with Crippen LogP contribution in [0, 0.1) is 18.3 Å². The van der Waals surface area contributed by atoms with Crippen LogP contribution in [0.5, 0.6) is 11.5 Å². The number of methoxy groups -OCH3 is 1. The van der Waals surface area contributed by atoms with Gasteiger partial charge in [-0.05, 0) is 56.7 Å². The molecule has 0 aromatic heterocycles. The van der Waals surface area contributed by atoms with Crippen molar-refractivity contribution in [1.82, 2.24) is 0 Å². The van der Waals surface area contributed by atoms with Gasteiger partial charge in [0.25, 0.3) is 5.91 Å². The lowest BCUT2D eigenvalue weighted by Crippen LogP contribution is -2.13. The number of nitriles is 1. The summed E-state index contributed by atoms with van der Waals surface area (Å²) in [6.07, 6.45) is 1.46. The zero-order valence-electron chi connectivity index (χ0n) is 15.4. The second kappa shape index (κ2) is 8.72. The molecule has 0 radical (unpaired) electrons. The minimum absolute atomic E-state index is 0.00900. The second-order valence-electron chi connectivity index (χ2n) is 6.06. The Kier molecular flexibility index (Phi) is 6.40. The Balaban J connectivity index is 2.32. The first-order chi connectivity index (χ1) is 12.4. The molecule has 0 aliphatic rings. The topological polar surface area (TPSA) is 71.3 Å². The molecular weight excluding hydrogens is 328 g/mol. The maximum absolute atomic E-state index is 12.4. The van der Waals surface area contributed by atoms with Crippen molar-refractivity contribution in [3.05, 3.63) is 59.2 Å². The third-order valence-corrected chi connectivity index (χ3v) is 3.52. The molecule has 5 heteroatoms. The summed E-state index contributed by atoms with van der Waals surface area (Å²) in [5.41, 5.74) is 2.29. The molecule has 5 nitrogen and oxygen atoms in total. The molecule has 0 atom stereocenters. The lowest BCUT2D eigenvalue weighted by molar-refractivity contribution is -0.112. The van der Waals surface area contributed by atoms with Gasteiger partial charge in [-0.3, -0.25) is 4.79 Å². The molecule has 134 valence electrons. The fourth-order valence-electron chi connectivity index (χ4n) is 2.34. The number of carbonyl (C=O) groups is 1. The number of aryl methyl sites for hydroxylation is 1. The normalized spacial score (nSPS) is 11.0. The summed E-state index contributed by atoms with van der Waals surface area (Å²) in [5.74, 6) is 0.723. The number of ether oxygens (including phenoxy) is 2. The molecule has 0 aliphatic heterocycles. The van der Waals surface area contributed by atoms with Gasteiger partial charge in [0.05, 0.1) is 13.2 Å². The smallest absolute Gasteiger partial charge is 0.266 e. The van der Waals surface area contributed by atoms with E-state index in [2.05, 4.69) is 5.32 Å². The standard InChI is InChI=1S/C21H22N2O3/c1-14(2)26-20-12-19(25-4)9-8-16(20)11-17(13-22)21(24)23-18-7-5-6-15(3)10-18/h5-12,14H,1-4H3,(H,23,24)/b17-11+. The van der Waals surface area contributed by atoms with E-state index in [1.807, 2.05) is 45.0 Å². The first kappa shape index (κ1) is 19.1. The molecule has 0 saturated heterocycles. The summed E-state index contributed by atoms with van der Waals surface area (Å²) in [6, 6.07) is 14.6. The van der Waals surface area contributed by atoms with E-state index in [1.165, 1.54) is 6.08 Å². The van der Waals surface area contributed by atoms with Crippen LogP contribution >= 0.6 is 0 Å². The van der Waals surface area contributed by atoms with Crippen LogP contribution in [0.15, 0.2) is 48.0 Å². The van der Waals surface area contributed by atoms with Gasteiger partial charge in [-0.15, -0.1) is 0 Å². The highest BCUT2D eigenvalue weighted by molar-refractivity contribution is 6.09. The van der Waals surface area contributed by atoms with E-state index in [0.717, 1.165) is 5.56 Å². The van der Waals surface area contributed by atoms with Crippen LogP contribution in [0.1, 0.15) is 25.0 Å². The fourth-order valence-corrected chi connectivity index (χ4v) is 2.34. The molecule has 0 bridgehead atoms. The number of amides is 1. The molecule has 2 rings (SSSR count). The minimum Gasteiger partial charge on any atom is -0.497 e. The van der Waals surface area contributed by atoms with Gasteiger partial charge in [-0.25, -0.2) is 0 Å². The van der Waals surface area contributed by atoms with Crippen LogP contribution in [0.2, 0.25) is 0 Å². The van der Waals surface area contributed by atoms with E-state index >= 15 is 0 Å². The van der Waals surface area contributed by atoms with E-state index in [9.17, 15) is 10.1 Å².